The Kier molecular flexibility index (Phi) is 6.00. The molecule has 1 heterocycles. The molecule has 24 heavy (non-hydrogen) atoms. The van der Waals surface area contributed by atoms with Gasteiger partial charge < -0.3 is 4.74 Å². The number of hydrazine groups is 1. The molecule has 0 bridgehead atoms. The number of rotatable bonds is 4. The highest BCUT2D eigenvalue weighted by Gasteiger charge is 2.14. The van der Waals surface area contributed by atoms with Crippen molar-refractivity contribution in [3.63, 3.8) is 0 Å². The molecule has 0 fully saturated rings. The monoisotopic (exact) mass is 367 g/mol. The van der Waals surface area contributed by atoms with Gasteiger partial charge >= 0.3 is 0 Å². The minimum absolute atomic E-state index is 0.0836. The number of aromatic nitrogens is 1. The van der Waals surface area contributed by atoms with Crippen molar-refractivity contribution in [3.05, 3.63) is 57.3 Å². The summed E-state index contributed by atoms with van der Waals surface area (Å²) in [6, 6.07) is 8.52. The van der Waals surface area contributed by atoms with Gasteiger partial charge in [0.2, 0.25) is 0 Å². The molecule has 0 unspecified atom stereocenters. The van der Waals surface area contributed by atoms with Crippen molar-refractivity contribution < 1.29 is 14.3 Å². The fourth-order valence-corrected chi connectivity index (χ4v) is 2.30. The Balaban J connectivity index is 1.86. The Labute approximate surface area is 149 Å². The van der Waals surface area contributed by atoms with E-state index in [2.05, 4.69) is 15.8 Å². The van der Waals surface area contributed by atoms with E-state index in [4.69, 9.17) is 27.9 Å². The number of aryl methyl sites for hydroxylation is 2. The quantitative estimate of drug-likeness (QED) is 0.643. The van der Waals surface area contributed by atoms with E-state index in [1.54, 1.807) is 0 Å². The topological polar surface area (TPSA) is 80.3 Å². The van der Waals surface area contributed by atoms with Gasteiger partial charge in [-0.05, 0) is 49.2 Å². The van der Waals surface area contributed by atoms with Crippen LogP contribution in [0.15, 0.2) is 30.3 Å². The molecular weight excluding hydrogens is 353 g/mol. The summed E-state index contributed by atoms with van der Waals surface area (Å²) in [5.74, 6) is -0.628. The van der Waals surface area contributed by atoms with Gasteiger partial charge in [0.15, 0.2) is 6.61 Å². The second-order valence-corrected chi connectivity index (χ2v) is 5.87. The van der Waals surface area contributed by atoms with Crippen LogP contribution in [0.3, 0.4) is 0 Å². The molecule has 0 aliphatic rings. The highest BCUT2D eigenvalue weighted by atomic mass is 35.5. The summed E-state index contributed by atoms with van der Waals surface area (Å²) in [7, 11) is 0. The molecule has 2 rings (SSSR count). The fourth-order valence-electron chi connectivity index (χ4n) is 1.96. The van der Waals surface area contributed by atoms with Crippen LogP contribution in [-0.4, -0.2) is 23.4 Å². The van der Waals surface area contributed by atoms with Crippen molar-refractivity contribution in [1.29, 1.82) is 0 Å². The van der Waals surface area contributed by atoms with E-state index in [1.807, 2.05) is 32.0 Å². The van der Waals surface area contributed by atoms with Crippen LogP contribution in [0.4, 0.5) is 0 Å². The molecule has 0 atom stereocenters. The number of pyridine rings is 1. The summed E-state index contributed by atoms with van der Waals surface area (Å²) in [5, 5.41) is 0.242. The zero-order valence-corrected chi connectivity index (χ0v) is 14.5. The van der Waals surface area contributed by atoms with Crippen molar-refractivity contribution in [2.24, 2.45) is 0 Å². The molecule has 2 amide bonds. The summed E-state index contributed by atoms with van der Waals surface area (Å²) in [4.78, 5) is 27.5. The van der Waals surface area contributed by atoms with E-state index in [9.17, 15) is 9.59 Å². The number of nitrogens with zero attached hydrogens (tertiary/aromatic N) is 1. The number of nitrogens with one attached hydrogen (secondary N) is 2. The first kappa shape index (κ1) is 18.0. The minimum Gasteiger partial charge on any atom is -0.484 e. The Morgan fingerprint density at radius 2 is 1.75 bits per heavy atom. The maximum atomic E-state index is 11.9. The van der Waals surface area contributed by atoms with Crippen molar-refractivity contribution in [3.8, 4) is 5.75 Å². The van der Waals surface area contributed by atoms with Crippen LogP contribution in [0, 0.1) is 13.8 Å². The SMILES string of the molecule is Cc1cc(C)cc(OCC(=O)NNC(=O)c2nc(Cl)ccc2Cl)c1. The lowest BCUT2D eigenvalue weighted by Crippen LogP contribution is -2.44. The first-order valence-electron chi connectivity index (χ1n) is 6.97. The number of hydrogen-bond acceptors (Lipinski definition) is 4. The van der Waals surface area contributed by atoms with Crippen molar-refractivity contribution in [2.45, 2.75) is 13.8 Å². The predicted molar refractivity (Wildman–Crippen MR) is 91.3 cm³/mol. The Hall–Kier alpha value is -2.31. The Morgan fingerprint density at radius 3 is 2.42 bits per heavy atom. The summed E-state index contributed by atoms with van der Waals surface area (Å²) in [5.41, 5.74) is 6.40. The van der Waals surface area contributed by atoms with E-state index in [-0.39, 0.29) is 22.5 Å². The van der Waals surface area contributed by atoms with Crippen LogP contribution in [0.5, 0.6) is 5.75 Å². The summed E-state index contributed by atoms with van der Waals surface area (Å²) in [6.45, 7) is 3.61. The first-order valence-corrected chi connectivity index (χ1v) is 7.73. The Bertz CT molecular complexity index is 761. The molecule has 1 aromatic carbocycles. The molecular formula is C16H15Cl2N3O3. The number of ether oxygens (including phenoxy) is 1. The number of benzene rings is 1. The van der Waals surface area contributed by atoms with E-state index in [1.165, 1.54) is 12.1 Å². The van der Waals surface area contributed by atoms with E-state index >= 15 is 0 Å². The van der Waals surface area contributed by atoms with Gasteiger partial charge in [-0.1, -0.05) is 29.3 Å². The van der Waals surface area contributed by atoms with Gasteiger partial charge in [-0.25, -0.2) is 4.98 Å². The van der Waals surface area contributed by atoms with Gasteiger partial charge in [-0.2, -0.15) is 0 Å². The molecule has 2 aromatic rings. The molecule has 6 nitrogen and oxygen atoms in total. The average Bonchev–Trinajstić information content (AvgIpc) is 2.52. The van der Waals surface area contributed by atoms with Crippen LogP contribution >= 0.6 is 23.2 Å². The van der Waals surface area contributed by atoms with E-state index in [0.29, 0.717) is 5.75 Å². The molecule has 0 radical (unpaired) electrons. The highest BCUT2D eigenvalue weighted by Crippen LogP contribution is 2.17. The maximum Gasteiger partial charge on any atom is 0.289 e. The van der Waals surface area contributed by atoms with Crippen molar-refractivity contribution in [2.75, 3.05) is 6.61 Å². The summed E-state index contributed by atoms with van der Waals surface area (Å²) in [6.07, 6.45) is 0. The molecule has 8 heteroatoms. The lowest BCUT2D eigenvalue weighted by atomic mass is 10.1. The fraction of sp³-hybridized carbons (Fsp3) is 0.188. The van der Waals surface area contributed by atoms with Gasteiger partial charge in [-0.15, -0.1) is 0 Å². The number of halogens is 2. The molecule has 0 saturated heterocycles. The van der Waals surface area contributed by atoms with Gasteiger partial charge in [0, 0.05) is 0 Å². The minimum atomic E-state index is -0.678. The van der Waals surface area contributed by atoms with Gasteiger partial charge in [0.25, 0.3) is 11.8 Å². The third-order valence-electron chi connectivity index (χ3n) is 2.91. The number of carbonyl (C=O) groups excluding carboxylic acids is 2. The number of hydrogen-bond donors (Lipinski definition) is 2. The average molecular weight is 368 g/mol. The van der Waals surface area contributed by atoms with Crippen LogP contribution in [0.25, 0.3) is 0 Å². The zero-order chi connectivity index (χ0) is 17.7. The van der Waals surface area contributed by atoms with Crippen LogP contribution in [0.1, 0.15) is 21.6 Å². The van der Waals surface area contributed by atoms with E-state index < -0.39 is 11.8 Å². The van der Waals surface area contributed by atoms with Crippen molar-refractivity contribution >= 4 is 35.0 Å². The summed E-state index contributed by atoms with van der Waals surface area (Å²) < 4.78 is 5.38. The lowest BCUT2D eigenvalue weighted by molar-refractivity contribution is -0.123. The van der Waals surface area contributed by atoms with E-state index in [0.717, 1.165) is 11.1 Å². The summed E-state index contributed by atoms with van der Waals surface area (Å²) >= 11 is 11.6. The van der Waals surface area contributed by atoms with Crippen LogP contribution in [0.2, 0.25) is 10.2 Å². The van der Waals surface area contributed by atoms with Crippen molar-refractivity contribution in [1.82, 2.24) is 15.8 Å². The molecule has 2 N–H and O–H groups in total. The standard InChI is InChI=1S/C16H15Cl2N3O3/c1-9-5-10(2)7-11(6-9)24-8-14(22)20-21-16(23)15-12(17)3-4-13(18)19-15/h3-7H,8H2,1-2H3,(H,20,22)(H,21,23). The molecule has 0 spiro atoms. The molecule has 0 saturated carbocycles. The third-order valence-corrected chi connectivity index (χ3v) is 3.42. The van der Waals surface area contributed by atoms with Gasteiger partial charge in [-0.3, -0.25) is 20.4 Å². The number of carbonyl (C=O) groups is 2. The second-order valence-electron chi connectivity index (χ2n) is 5.08. The Morgan fingerprint density at radius 1 is 1.08 bits per heavy atom. The molecule has 126 valence electrons. The zero-order valence-electron chi connectivity index (χ0n) is 13.0. The maximum absolute atomic E-state index is 11.9. The normalized spacial score (nSPS) is 10.2. The second kappa shape index (κ2) is 7.99. The van der Waals surface area contributed by atoms with Gasteiger partial charge in [0.1, 0.15) is 16.6 Å². The van der Waals surface area contributed by atoms with Gasteiger partial charge in [0.05, 0.1) is 5.02 Å². The number of amides is 2. The first-order chi connectivity index (χ1) is 11.3. The van der Waals surface area contributed by atoms with Crippen LogP contribution in [-0.2, 0) is 4.79 Å². The van der Waals surface area contributed by atoms with Crippen LogP contribution < -0.4 is 15.6 Å². The smallest absolute Gasteiger partial charge is 0.289 e. The largest absolute Gasteiger partial charge is 0.484 e. The molecule has 1 aromatic heterocycles. The predicted octanol–water partition coefficient (Wildman–Crippen LogP) is 2.85. The molecule has 0 aliphatic carbocycles. The molecule has 0 aliphatic heterocycles. The highest BCUT2D eigenvalue weighted by molar-refractivity contribution is 6.34. The third kappa shape index (κ3) is 5.11. The lowest BCUT2D eigenvalue weighted by Gasteiger charge is -2.10.